The molecule has 1 aromatic carbocycles. The number of nitrogens with two attached hydrogens (primary N) is 3. The Hall–Kier alpha value is -2.88. The molecule has 0 saturated carbocycles. The van der Waals surface area contributed by atoms with E-state index in [9.17, 15) is 4.79 Å². The molecule has 0 amide bonds. The summed E-state index contributed by atoms with van der Waals surface area (Å²) in [5.41, 5.74) is 17.4. The number of nitrogens with zero attached hydrogens (tertiary/aromatic N) is 4. The summed E-state index contributed by atoms with van der Waals surface area (Å²) in [6.45, 7) is 0. The molecular formula is C12H13N7O2S. The number of thioether (sulfide) groups is 1. The van der Waals surface area contributed by atoms with Gasteiger partial charge in [0.1, 0.15) is 0 Å². The summed E-state index contributed by atoms with van der Waals surface area (Å²) >= 11 is 1.21. The second-order valence-electron chi connectivity index (χ2n) is 4.08. The van der Waals surface area contributed by atoms with Crippen molar-refractivity contribution in [2.75, 3.05) is 23.0 Å². The molecular weight excluding hydrogens is 306 g/mol. The monoisotopic (exact) mass is 319 g/mol. The maximum atomic E-state index is 10.5. The van der Waals surface area contributed by atoms with Crippen LogP contribution in [-0.2, 0) is 4.79 Å². The minimum atomic E-state index is -0.872. The van der Waals surface area contributed by atoms with Gasteiger partial charge in [-0.1, -0.05) is 0 Å². The molecule has 0 aliphatic rings. The molecule has 10 heteroatoms. The van der Waals surface area contributed by atoms with Gasteiger partial charge in [-0.25, -0.2) is 0 Å². The van der Waals surface area contributed by atoms with Crippen molar-refractivity contribution in [2.24, 2.45) is 10.2 Å². The van der Waals surface area contributed by atoms with Gasteiger partial charge < -0.3 is 22.3 Å². The van der Waals surface area contributed by atoms with Crippen LogP contribution in [0.1, 0.15) is 0 Å². The first-order valence-corrected chi connectivity index (χ1v) is 6.99. The van der Waals surface area contributed by atoms with Crippen LogP contribution < -0.4 is 17.2 Å². The van der Waals surface area contributed by atoms with E-state index in [1.54, 1.807) is 24.3 Å². The fourth-order valence-electron chi connectivity index (χ4n) is 1.47. The minimum Gasteiger partial charge on any atom is -0.481 e. The molecule has 0 atom stereocenters. The quantitative estimate of drug-likeness (QED) is 0.478. The number of nitrogen functional groups attached to an aromatic ring is 3. The molecule has 0 unspecified atom stereocenters. The van der Waals surface area contributed by atoms with Gasteiger partial charge in [0.15, 0.2) is 17.3 Å². The third kappa shape index (κ3) is 4.06. The number of aliphatic carboxylic acids is 1. The van der Waals surface area contributed by atoms with Gasteiger partial charge in [-0.05, 0) is 24.3 Å². The van der Waals surface area contributed by atoms with Gasteiger partial charge >= 0.3 is 5.97 Å². The fourth-order valence-corrected chi connectivity index (χ4v) is 2.09. The molecule has 22 heavy (non-hydrogen) atoms. The number of hydrogen-bond acceptors (Lipinski definition) is 9. The lowest BCUT2D eigenvalue weighted by atomic mass is 10.3. The van der Waals surface area contributed by atoms with Gasteiger partial charge in [0.2, 0.25) is 5.95 Å². The first kappa shape index (κ1) is 15.5. The Morgan fingerprint density at radius 1 is 1.09 bits per heavy atom. The fraction of sp³-hybridized carbons (Fsp3) is 0.0833. The Kier molecular flexibility index (Phi) is 4.73. The van der Waals surface area contributed by atoms with Crippen molar-refractivity contribution in [2.45, 2.75) is 4.90 Å². The van der Waals surface area contributed by atoms with Gasteiger partial charge in [-0.3, -0.25) is 4.79 Å². The number of hydrogen-bond donors (Lipinski definition) is 4. The first-order chi connectivity index (χ1) is 10.5. The number of carbonyl (C=O) groups is 1. The summed E-state index contributed by atoms with van der Waals surface area (Å²) in [5, 5.41) is 16.5. The van der Waals surface area contributed by atoms with Gasteiger partial charge in [-0.15, -0.1) is 16.9 Å². The Labute approximate surface area is 129 Å². The first-order valence-electron chi connectivity index (χ1n) is 6.00. The van der Waals surface area contributed by atoms with Gasteiger partial charge in [0.05, 0.1) is 11.4 Å². The van der Waals surface area contributed by atoms with Gasteiger partial charge in [0, 0.05) is 4.90 Å². The minimum absolute atomic E-state index is 0.00327. The Morgan fingerprint density at radius 2 is 1.68 bits per heavy atom. The van der Waals surface area contributed by atoms with Crippen LogP contribution in [0.2, 0.25) is 0 Å². The summed E-state index contributed by atoms with van der Waals surface area (Å²) < 4.78 is 0. The molecule has 7 N–H and O–H groups in total. The number of anilines is 3. The topological polar surface area (TPSA) is 166 Å². The highest BCUT2D eigenvalue weighted by atomic mass is 32.2. The number of carboxylic acids is 1. The van der Waals surface area contributed by atoms with Gasteiger partial charge in [-0.2, -0.15) is 15.1 Å². The van der Waals surface area contributed by atoms with E-state index in [1.807, 2.05) is 0 Å². The van der Waals surface area contributed by atoms with Crippen molar-refractivity contribution in [1.82, 2.24) is 9.97 Å². The van der Waals surface area contributed by atoms with Crippen LogP contribution in [0, 0.1) is 0 Å². The van der Waals surface area contributed by atoms with Crippen LogP contribution in [-0.4, -0.2) is 26.8 Å². The van der Waals surface area contributed by atoms with E-state index in [0.29, 0.717) is 5.69 Å². The van der Waals surface area contributed by atoms with Crippen molar-refractivity contribution in [3.05, 3.63) is 24.3 Å². The van der Waals surface area contributed by atoms with E-state index in [-0.39, 0.29) is 29.0 Å². The van der Waals surface area contributed by atoms with Crippen molar-refractivity contribution < 1.29 is 9.90 Å². The lowest BCUT2D eigenvalue weighted by Crippen LogP contribution is -2.03. The highest BCUT2D eigenvalue weighted by Crippen LogP contribution is 2.29. The van der Waals surface area contributed by atoms with E-state index in [1.165, 1.54) is 11.8 Å². The molecule has 0 fully saturated rings. The predicted octanol–water partition coefficient (Wildman–Crippen LogP) is 1.82. The summed E-state index contributed by atoms with van der Waals surface area (Å²) in [7, 11) is 0. The smallest absolute Gasteiger partial charge is 0.313 e. The van der Waals surface area contributed by atoms with E-state index >= 15 is 0 Å². The lowest BCUT2D eigenvalue weighted by molar-refractivity contribution is -0.133. The van der Waals surface area contributed by atoms with E-state index < -0.39 is 5.97 Å². The maximum absolute atomic E-state index is 10.5. The molecule has 1 heterocycles. The van der Waals surface area contributed by atoms with Crippen molar-refractivity contribution in [3.8, 4) is 0 Å². The van der Waals surface area contributed by atoms with Crippen LogP contribution in [0.4, 0.5) is 29.0 Å². The summed E-state index contributed by atoms with van der Waals surface area (Å²) in [5.74, 6) is -0.821. The molecule has 2 aromatic rings. The zero-order chi connectivity index (χ0) is 16.1. The zero-order valence-corrected chi connectivity index (χ0v) is 12.1. The number of carboxylic acid groups (broad SMARTS) is 1. The number of rotatable bonds is 5. The van der Waals surface area contributed by atoms with Crippen LogP contribution in [0.15, 0.2) is 39.4 Å². The molecule has 9 nitrogen and oxygen atoms in total. The average Bonchev–Trinajstić information content (AvgIpc) is 2.45. The van der Waals surface area contributed by atoms with E-state index in [4.69, 9.17) is 22.3 Å². The predicted molar refractivity (Wildman–Crippen MR) is 84.2 cm³/mol. The molecule has 0 radical (unpaired) electrons. The van der Waals surface area contributed by atoms with Gasteiger partial charge in [0.25, 0.3) is 0 Å². The van der Waals surface area contributed by atoms with Crippen molar-refractivity contribution in [1.29, 1.82) is 0 Å². The molecule has 0 aliphatic heterocycles. The standard InChI is InChI=1S/C12H13N7O2S/c13-10-9(11(14)17-12(15)16-10)19-18-6-1-3-7(4-2-6)22-5-8(20)21/h1-4H,5H2,(H,20,21)(H6,13,14,15,16,17). The summed E-state index contributed by atoms with van der Waals surface area (Å²) in [6.07, 6.45) is 0. The number of aromatic nitrogens is 2. The van der Waals surface area contributed by atoms with E-state index in [2.05, 4.69) is 20.2 Å². The maximum Gasteiger partial charge on any atom is 0.313 e. The number of azo groups is 1. The largest absolute Gasteiger partial charge is 0.481 e. The van der Waals surface area contributed by atoms with Crippen LogP contribution in [0.25, 0.3) is 0 Å². The molecule has 0 aliphatic carbocycles. The van der Waals surface area contributed by atoms with E-state index in [0.717, 1.165) is 4.90 Å². The highest BCUT2D eigenvalue weighted by Gasteiger charge is 2.07. The Balaban J connectivity index is 2.12. The van der Waals surface area contributed by atoms with Crippen molar-refractivity contribution in [3.63, 3.8) is 0 Å². The molecule has 1 aromatic heterocycles. The van der Waals surface area contributed by atoms with Crippen LogP contribution in [0.5, 0.6) is 0 Å². The normalized spacial score (nSPS) is 10.9. The van der Waals surface area contributed by atoms with Crippen molar-refractivity contribution >= 4 is 46.7 Å². The second kappa shape index (κ2) is 6.72. The number of benzene rings is 1. The SMILES string of the molecule is Nc1nc(N)c(N=Nc2ccc(SCC(=O)O)cc2)c(N)n1. The Bertz CT molecular complexity index is 695. The molecule has 0 spiro atoms. The average molecular weight is 319 g/mol. The van der Waals surface area contributed by atoms with Crippen LogP contribution >= 0.6 is 11.8 Å². The lowest BCUT2D eigenvalue weighted by Gasteiger charge is -2.02. The third-order valence-electron chi connectivity index (χ3n) is 2.42. The molecule has 0 saturated heterocycles. The Morgan fingerprint density at radius 3 is 2.23 bits per heavy atom. The summed E-state index contributed by atoms with van der Waals surface area (Å²) in [6, 6.07) is 6.87. The third-order valence-corrected chi connectivity index (χ3v) is 3.42. The zero-order valence-electron chi connectivity index (χ0n) is 11.3. The molecule has 0 bridgehead atoms. The highest BCUT2D eigenvalue weighted by molar-refractivity contribution is 8.00. The second-order valence-corrected chi connectivity index (χ2v) is 5.13. The summed E-state index contributed by atoms with van der Waals surface area (Å²) in [4.78, 5) is 18.8. The molecule has 114 valence electrons. The van der Waals surface area contributed by atoms with Crippen LogP contribution in [0.3, 0.4) is 0 Å². The molecule has 2 rings (SSSR count).